The van der Waals surface area contributed by atoms with E-state index in [2.05, 4.69) is 82.1 Å². The Hall–Kier alpha value is -0.340. The Kier molecular flexibility index (Phi) is 3.70. The van der Waals surface area contributed by atoms with Crippen LogP contribution in [-0.2, 0) is 0 Å². The van der Waals surface area contributed by atoms with E-state index in [1.807, 2.05) is 0 Å². The Bertz CT molecular complexity index is 503. The van der Waals surface area contributed by atoms with Crippen molar-refractivity contribution in [3.05, 3.63) is 46.4 Å². The van der Waals surface area contributed by atoms with Gasteiger partial charge in [0.2, 0.25) is 0 Å². The van der Waals surface area contributed by atoms with Crippen LogP contribution in [0.5, 0.6) is 0 Å². The van der Waals surface area contributed by atoms with E-state index < -0.39 is 0 Å². The van der Waals surface area contributed by atoms with Crippen LogP contribution in [0.2, 0.25) is 0 Å². The smallest absolute Gasteiger partial charge is 0.0424 e. The zero-order valence-corrected chi connectivity index (χ0v) is 12.5. The first-order valence-electron chi connectivity index (χ1n) is 5.42. The molecule has 16 heavy (non-hydrogen) atoms. The van der Waals surface area contributed by atoms with Gasteiger partial charge in [-0.05, 0) is 28.3 Å². The molecular formula is C14H14Br2. The van der Waals surface area contributed by atoms with Crippen LogP contribution >= 0.6 is 31.9 Å². The minimum absolute atomic E-state index is 0.408. The number of benzene rings is 2. The van der Waals surface area contributed by atoms with Gasteiger partial charge in [-0.3, -0.25) is 0 Å². The molecule has 2 aromatic rings. The summed E-state index contributed by atoms with van der Waals surface area (Å²) in [5, 5.41) is 2.61. The van der Waals surface area contributed by atoms with E-state index >= 15 is 0 Å². The van der Waals surface area contributed by atoms with Gasteiger partial charge in [-0.1, -0.05) is 76.0 Å². The Morgan fingerprint density at radius 3 is 2.19 bits per heavy atom. The quantitative estimate of drug-likeness (QED) is 0.615. The van der Waals surface area contributed by atoms with Gasteiger partial charge in [-0.25, -0.2) is 0 Å². The first kappa shape index (κ1) is 12.1. The molecule has 0 aromatic heterocycles. The van der Waals surface area contributed by atoms with E-state index in [0.29, 0.717) is 10.7 Å². The van der Waals surface area contributed by atoms with Crippen molar-refractivity contribution in [3.63, 3.8) is 0 Å². The summed E-state index contributed by atoms with van der Waals surface area (Å²) in [6.07, 6.45) is 0. The Morgan fingerprint density at radius 2 is 1.56 bits per heavy atom. The van der Waals surface area contributed by atoms with Crippen molar-refractivity contribution >= 4 is 42.6 Å². The number of rotatable bonds is 2. The molecule has 0 heterocycles. The first-order valence-corrected chi connectivity index (χ1v) is 7.13. The molecule has 0 aliphatic heterocycles. The molecule has 0 radical (unpaired) electrons. The van der Waals surface area contributed by atoms with Crippen LogP contribution in [-0.4, -0.2) is 0 Å². The highest BCUT2D eigenvalue weighted by Crippen LogP contribution is 2.37. The highest BCUT2D eigenvalue weighted by molar-refractivity contribution is 9.10. The molecule has 2 aromatic carbocycles. The van der Waals surface area contributed by atoms with Gasteiger partial charge in [0, 0.05) is 9.30 Å². The molecular weight excluding hydrogens is 328 g/mol. The van der Waals surface area contributed by atoms with E-state index in [1.165, 1.54) is 16.3 Å². The Balaban J connectivity index is 2.67. The molecule has 0 saturated carbocycles. The number of hydrogen-bond donors (Lipinski definition) is 0. The first-order chi connectivity index (χ1) is 7.61. The predicted octanol–water partition coefficient (Wildman–Crippen LogP) is 5.69. The topological polar surface area (TPSA) is 0 Å². The lowest BCUT2D eigenvalue weighted by atomic mass is 9.97. The number of hydrogen-bond acceptors (Lipinski definition) is 0. The third-order valence-corrected chi connectivity index (χ3v) is 5.03. The molecule has 84 valence electrons. The zero-order chi connectivity index (χ0) is 11.7. The standard InChI is InChI=1S/C14H14Br2/c1-9(2)14(16)12-7-8-13(15)11-6-4-3-5-10(11)12/h3-9,14H,1-2H3. The van der Waals surface area contributed by atoms with Crippen LogP contribution in [0.4, 0.5) is 0 Å². The lowest BCUT2D eigenvalue weighted by Crippen LogP contribution is -1.99. The summed E-state index contributed by atoms with van der Waals surface area (Å²) in [5.41, 5.74) is 1.37. The summed E-state index contributed by atoms with van der Waals surface area (Å²) in [6.45, 7) is 4.46. The van der Waals surface area contributed by atoms with E-state index in [9.17, 15) is 0 Å². The highest BCUT2D eigenvalue weighted by atomic mass is 79.9. The molecule has 0 aliphatic carbocycles. The second-order valence-electron chi connectivity index (χ2n) is 4.33. The monoisotopic (exact) mass is 340 g/mol. The van der Waals surface area contributed by atoms with Gasteiger partial charge in [0.1, 0.15) is 0 Å². The van der Waals surface area contributed by atoms with Gasteiger partial charge in [-0.15, -0.1) is 0 Å². The summed E-state index contributed by atoms with van der Waals surface area (Å²) in [4.78, 5) is 0.408. The minimum atomic E-state index is 0.408. The summed E-state index contributed by atoms with van der Waals surface area (Å²) in [7, 11) is 0. The maximum atomic E-state index is 3.78. The molecule has 1 atom stereocenters. The fourth-order valence-electron chi connectivity index (χ4n) is 1.89. The molecule has 0 N–H and O–H groups in total. The van der Waals surface area contributed by atoms with Crippen LogP contribution in [0.3, 0.4) is 0 Å². The normalized spacial score (nSPS) is 13.3. The molecule has 0 nitrogen and oxygen atoms in total. The fraction of sp³-hybridized carbons (Fsp3) is 0.286. The van der Waals surface area contributed by atoms with Gasteiger partial charge in [0.05, 0.1) is 0 Å². The summed E-state index contributed by atoms with van der Waals surface area (Å²) in [6, 6.07) is 12.9. The van der Waals surface area contributed by atoms with Crippen molar-refractivity contribution in [2.45, 2.75) is 18.7 Å². The third kappa shape index (κ3) is 2.18. The SMILES string of the molecule is CC(C)C(Br)c1ccc(Br)c2ccccc12. The van der Waals surface area contributed by atoms with Crippen molar-refractivity contribution in [2.75, 3.05) is 0 Å². The van der Waals surface area contributed by atoms with E-state index in [0.717, 1.165) is 4.47 Å². The van der Waals surface area contributed by atoms with Gasteiger partial charge < -0.3 is 0 Å². The minimum Gasteiger partial charge on any atom is -0.0836 e. The number of fused-ring (bicyclic) bond motifs is 1. The van der Waals surface area contributed by atoms with E-state index in [1.54, 1.807) is 0 Å². The van der Waals surface area contributed by atoms with E-state index in [4.69, 9.17) is 0 Å². The third-order valence-electron chi connectivity index (χ3n) is 2.79. The van der Waals surface area contributed by atoms with Crippen molar-refractivity contribution in [3.8, 4) is 0 Å². The second-order valence-corrected chi connectivity index (χ2v) is 6.17. The lowest BCUT2D eigenvalue weighted by molar-refractivity contribution is 0.644. The van der Waals surface area contributed by atoms with Gasteiger partial charge >= 0.3 is 0 Å². The molecule has 0 aliphatic rings. The molecule has 0 amide bonds. The van der Waals surface area contributed by atoms with Crippen LogP contribution in [0.25, 0.3) is 10.8 Å². The molecule has 2 rings (SSSR count). The number of halogens is 2. The average molecular weight is 342 g/mol. The van der Waals surface area contributed by atoms with Gasteiger partial charge in [0.15, 0.2) is 0 Å². The van der Waals surface area contributed by atoms with E-state index in [-0.39, 0.29) is 0 Å². The van der Waals surface area contributed by atoms with Crippen molar-refractivity contribution < 1.29 is 0 Å². The molecule has 0 bridgehead atoms. The molecule has 0 spiro atoms. The van der Waals surface area contributed by atoms with Gasteiger partial charge in [-0.2, -0.15) is 0 Å². The van der Waals surface area contributed by atoms with Crippen LogP contribution < -0.4 is 0 Å². The largest absolute Gasteiger partial charge is 0.0836 e. The van der Waals surface area contributed by atoms with Gasteiger partial charge in [0.25, 0.3) is 0 Å². The number of alkyl halides is 1. The van der Waals surface area contributed by atoms with Crippen molar-refractivity contribution in [1.29, 1.82) is 0 Å². The predicted molar refractivity (Wildman–Crippen MR) is 78.2 cm³/mol. The Labute approximate surface area is 113 Å². The van der Waals surface area contributed by atoms with Crippen LogP contribution in [0, 0.1) is 5.92 Å². The molecule has 0 saturated heterocycles. The molecule has 2 heteroatoms. The second kappa shape index (κ2) is 4.89. The zero-order valence-electron chi connectivity index (χ0n) is 9.37. The Morgan fingerprint density at radius 1 is 0.938 bits per heavy atom. The van der Waals surface area contributed by atoms with Crippen molar-refractivity contribution in [1.82, 2.24) is 0 Å². The molecule has 0 fully saturated rings. The highest BCUT2D eigenvalue weighted by Gasteiger charge is 2.15. The van der Waals surface area contributed by atoms with Crippen molar-refractivity contribution in [2.24, 2.45) is 5.92 Å². The maximum absolute atomic E-state index is 3.78. The fourth-order valence-corrected chi connectivity index (χ4v) is 2.76. The summed E-state index contributed by atoms with van der Waals surface area (Å²) >= 11 is 7.38. The summed E-state index contributed by atoms with van der Waals surface area (Å²) < 4.78 is 1.16. The molecule has 1 unspecified atom stereocenters. The lowest BCUT2D eigenvalue weighted by Gasteiger charge is -2.17. The van der Waals surface area contributed by atoms with Crippen LogP contribution in [0.1, 0.15) is 24.2 Å². The maximum Gasteiger partial charge on any atom is 0.0424 e. The van der Waals surface area contributed by atoms with Crippen LogP contribution in [0.15, 0.2) is 40.9 Å². The summed E-state index contributed by atoms with van der Waals surface area (Å²) in [5.74, 6) is 0.588. The average Bonchev–Trinajstić information content (AvgIpc) is 2.29.